The molecule has 0 aromatic rings. The molecule has 0 fully saturated rings. The summed E-state index contributed by atoms with van der Waals surface area (Å²) in [6.07, 6.45) is 0. The summed E-state index contributed by atoms with van der Waals surface area (Å²) in [4.78, 5) is 68.0. The van der Waals surface area contributed by atoms with Crippen molar-refractivity contribution in [3.8, 4) is 0 Å². The van der Waals surface area contributed by atoms with Gasteiger partial charge in [-0.25, -0.2) is 0 Å². The van der Waals surface area contributed by atoms with Crippen LogP contribution >= 0.6 is 32.6 Å². The van der Waals surface area contributed by atoms with Crippen molar-refractivity contribution < 1.29 is 44.0 Å². The monoisotopic (exact) mass is 410 g/mol. The van der Waals surface area contributed by atoms with Crippen molar-refractivity contribution in [3.05, 3.63) is 0 Å². The van der Waals surface area contributed by atoms with Crippen LogP contribution < -0.4 is 0 Å². The first-order valence-electron chi connectivity index (χ1n) is 2.35. The summed E-state index contributed by atoms with van der Waals surface area (Å²) in [5, 5.41) is 0. The quantitative estimate of drug-likeness (QED) is 0.228. The summed E-state index contributed by atoms with van der Waals surface area (Å²) >= 11 is 10.8. The third-order valence-corrected chi connectivity index (χ3v) is 0. The first-order chi connectivity index (χ1) is 6.00. The lowest BCUT2D eigenvalue weighted by Gasteiger charge is -1.88. The Morgan fingerprint density at radius 2 is 0.444 bits per heavy atom. The Labute approximate surface area is 127 Å². The van der Waals surface area contributed by atoms with Gasteiger partial charge in [-0.2, -0.15) is 0 Å². The maximum Gasteiger partial charge on any atom is 0.319 e. The van der Waals surface area contributed by atoms with Gasteiger partial charge in [-0.05, 0) is 35.4 Å². The molecule has 0 aromatic carbocycles. The molecule has 0 rings (SSSR count). The van der Waals surface area contributed by atoms with Gasteiger partial charge < -0.3 is 44.0 Å². The standard InChI is InChI=1S/2CH4.ClH.3H3O3PS/c;;;3*1-4(2,3)5/h2*1H4;1H;3*(H3,1,2,3,5). The van der Waals surface area contributed by atoms with E-state index in [0.717, 1.165) is 0 Å². The van der Waals surface area contributed by atoms with Crippen molar-refractivity contribution in [1.29, 1.82) is 0 Å². The molecule has 18 heavy (non-hydrogen) atoms. The van der Waals surface area contributed by atoms with Crippen molar-refractivity contribution in [2.45, 2.75) is 14.9 Å². The number of rotatable bonds is 0. The molecule has 0 saturated heterocycles. The van der Waals surface area contributed by atoms with E-state index in [2.05, 4.69) is 35.4 Å². The second-order valence-electron chi connectivity index (χ2n) is 1.54. The summed E-state index contributed by atoms with van der Waals surface area (Å²) in [5.41, 5.74) is 0. The molecule has 0 aliphatic heterocycles. The van der Waals surface area contributed by atoms with E-state index in [1.807, 2.05) is 0 Å². The van der Waals surface area contributed by atoms with Crippen molar-refractivity contribution >= 4 is 68.0 Å². The molecule has 16 heteroatoms. The van der Waals surface area contributed by atoms with E-state index in [1.165, 1.54) is 0 Å². The fourth-order valence-corrected chi connectivity index (χ4v) is 0. The Bertz CT molecular complexity index is 221. The van der Waals surface area contributed by atoms with E-state index >= 15 is 0 Å². The highest BCUT2D eigenvalue weighted by molar-refractivity contribution is 8.06. The topological polar surface area (TPSA) is 182 Å². The van der Waals surface area contributed by atoms with Gasteiger partial charge in [0.2, 0.25) is 0 Å². The molecule has 0 bridgehead atoms. The molecule has 0 spiro atoms. The largest absolute Gasteiger partial charge is 0.325 e. The number of hydrogen-bond donors (Lipinski definition) is 9. The van der Waals surface area contributed by atoms with E-state index in [4.69, 9.17) is 44.0 Å². The third kappa shape index (κ3) is 1440. The van der Waals surface area contributed by atoms with Crippen molar-refractivity contribution in [1.82, 2.24) is 0 Å². The SMILES string of the molecule is C.C.Cl.OP(O)(O)=S.OP(O)(O)=S.OP(O)(O)=S. The molecule has 9 N–H and O–H groups in total. The van der Waals surface area contributed by atoms with Gasteiger partial charge in [-0.3, -0.25) is 0 Å². The average Bonchev–Trinajstić information content (AvgIpc) is 1.41. The van der Waals surface area contributed by atoms with Crippen LogP contribution in [0.25, 0.3) is 0 Å². The van der Waals surface area contributed by atoms with E-state index in [0.29, 0.717) is 0 Å². The Balaban J connectivity index is -0.0000000277. The van der Waals surface area contributed by atoms with Crippen LogP contribution in [0.4, 0.5) is 0 Å². The van der Waals surface area contributed by atoms with Gasteiger partial charge >= 0.3 is 20.2 Å². The Morgan fingerprint density at radius 3 is 0.444 bits per heavy atom. The molecule has 0 aliphatic carbocycles. The lowest BCUT2D eigenvalue weighted by Crippen LogP contribution is -1.65. The van der Waals surface area contributed by atoms with Crippen LogP contribution in [0.1, 0.15) is 14.9 Å². The van der Waals surface area contributed by atoms with Gasteiger partial charge in [0.05, 0.1) is 0 Å². The molecule has 0 atom stereocenters. The zero-order valence-electron chi connectivity index (χ0n) is 7.00. The van der Waals surface area contributed by atoms with Crippen LogP contribution in [-0.4, -0.2) is 44.0 Å². The summed E-state index contributed by atoms with van der Waals surface area (Å²) < 4.78 is 0. The lowest BCUT2D eigenvalue weighted by molar-refractivity contribution is 0.361. The smallest absolute Gasteiger partial charge is 0.319 e. The molecule has 0 aromatic heterocycles. The summed E-state index contributed by atoms with van der Waals surface area (Å²) in [7, 11) is 0. The summed E-state index contributed by atoms with van der Waals surface area (Å²) in [5.74, 6) is 0. The van der Waals surface area contributed by atoms with Crippen molar-refractivity contribution in [2.24, 2.45) is 0 Å². The molecular weight excluding hydrogens is 393 g/mol. The van der Waals surface area contributed by atoms with Gasteiger partial charge in [0.25, 0.3) is 0 Å². The Hall–Kier alpha value is 1.88. The second kappa shape index (κ2) is 15.3. The van der Waals surface area contributed by atoms with Crippen LogP contribution in [0, 0.1) is 0 Å². The van der Waals surface area contributed by atoms with E-state index < -0.39 is 20.2 Å². The highest BCUT2D eigenvalue weighted by atomic mass is 35.5. The minimum absolute atomic E-state index is 0. The highest BCUT2D eigenvalue weighted by Gasteiger charge is 1.93. The molecule has 0 saturated carbocycles. The van der Waals surface area contributed by atoms with Crippen LogP contribution in [0.5, 0.6) is 0 Å². The maximum atomic E-state index is 7.56. The van der Waals surface area contributed by atoms with E-state index in [1.54, 1.807) is 0 Å². The fraction of sp³-hybridized carbons (Fsp3) is 1.00. The zero-order valence-corrected chi connectivity index (χ0v) is 12.9. The molecular formula is C2H18ClO9P3S3. The van der Waals surface area contributed by atoms with Crippen molar-refractivity contribution in [3.63, 3.8) is 0 Å². The average molecular weight is 411 g/mol. The van der Waals surface area contributed by atoms with E-state index in [-0.39, 0.29) is 27.3 Å². The van der Waals surface area contributed by atoms with Crippen molar-refractivity contribution in [2.75, 3.05) is 0 Å². The van der Waals surface area contributed by atoms with Gasteiger partial charge in [0, 0.05) is 0 Å². The van der Waals surface area contributed by atoms with Gasteiger partial charge in [-0.1, -0.05) is 14.9 Å². The molecule has 0 amide bonds. The van der Waals surface area contributed by atoms with Gasteiger partial charge in [0.1, 0.15) is 0 Å². The molecule has 9 nitrogen and oxygen atoms in total. The number of halogens is 1. The molecule has 0 aliphatic rings. The normalized spacial score (nSPS) is 9.83. The molecule has 120 valence electrons. The van der Waals surface area contributed by atoms with Crippen LogP contribution in [-0.2, 0) is 35.4 Å². The predicted molar refractivity (Wildman–Crippen MR) is 83.5 cm³/mol. The minimum Gasteiger partial charge on any atom is -0.325 e. The minimum atomic E-state index is -3.81. The molecule has 0 radical (unpaired) electrons. The Morgan fingerprint density at radius 1 is 0.444 bits per heavy atom. The van der Waals surface area contributed by atoms with Crippen LogP contribution in [0.2, 0.25) is 0 Å². The lowest BCUT2D eigenvalue weighted by atomic mass is 12.0. The highest BCUT2D eigenvalue weighted by Crippen LogP contribution is 2.27. The molecule has 0 heterocycles. The second-order valence-corrected chi connectivity index (χ2v) is 9.03. The third-order valence-electron chi connectivity index (χ3n) is 0. The predicted octanol–water partition coefficient (Wildman–Crippen LogP) is -0.743. The zero-order chi connectivity index (χ0) is 13.5. The van der Waals surface area contributed by atoms with Gasteiger partial charge in [0.15, 0.2) is 0 Å². The maximum absolute atomic E-state index is 7.56. The summed E-state index contributed by atoms with van der Waals surface area (Å²) in [6.45, 7) is -11.4. The number of hydrogen-bond acceptors (Lipinski definition) is 3. The van der Waals surface area contributed by atoms with E-state index in [9.17, 15) is 0 Å². The first kappa shape index (κ1) is 36.8. The first-order valence-corrected chi connectivity index (χ1v) is 10.3. The Kier molecular flexibility index (Phi) is 31.2. The van der Waals surface area contributed by atoms with Crippen LogP contribution in [0.3, 0.4) is 0 Å². The molecule has 0 unspecified atom stereocenters. The van der Waals surface area contributed by atoms with Gasteiger partial charge in [-0.15, -0.1) is 12.4 Å². The van der Waals surface area contributed by atoms with Crippen LogP contribution in [0.15, 0.2) is 0 Å². The summed E-state index contributed by atoms with van der Waals surface area (Å²) in [6, 6.07) is 0. The fourth-order valence-electron chi connectivity index (χ4n) is 0.